The molecule has 1 aliphatic heterocycles. The number of rotatable bonds is 9. The first-order valence-corrected chi connectivity index (χ1v) is 7.62. The van der Waals surface area contributed by atoms with Gasteiger partial charge in [0.25, 0.3) is 0 Å². The molecule has 3 heteroatoms. The van der Waals surface area contributed by atoms with Crippen molar-refractivity contribution in [1.29, 1.82) is 0 Å². The van der Waals surface area contributed by atoms with Crippen LogP contribution in [0.25, 0.3) is 0 Å². The summed E-state index contributed by atoms with van der Waals surface area (Å²) in [6.07, 6.45) is 6.54. The molecule has 2 rings (SSSR count). The van der Waals surface area contributed by atoms with Gasteiger partial charge in [-0.25, -0.2) is 4.79 Å². The van der Waals surface area contributed by atoms with E-state index in [0.29, 0.717) is 13.2 Å². The highest BCUT2D eigenvalue weighted by atomic mass is 16.6. The van der Waals surface area contributed by atoms with Crippen molar-refractivity contribution in [3.63, 3.8) is 0 Å². The Morgan fingerprint density at radius 2 is 1.90 bits per heavy atom. The second-order valence-corrected chi connectivity index (χ2v) is 5.40. The minimum Gasteiger partial charge on any atom is -0.464 e. The van der Waals surface area contributed by atoms with Gasteiger partial charge >= 0.3 is 5.97 Å². The average molecular weight is 276 g/mol. The van der Waals surface area contributed by atoms with E-state index < -0.39 is 5.60 Å². The summed E-state index contributed by atoms with van der Waals surface area (Å²) in [7, 11) is 0. The SMILES string of the molecule is CCOC(=O)[C@]1(CCCCCCc2ccccc2)CO1. The van der Waals surface area contributed by atoms with Gasteiger partial charge in [0.15, 0.2) is 5.60 Å². The highest BCUT2D eigenvalue weighted by molar-refractivity contribution is 5.82. The van der Waals surface area contributed by atoms with Crippen molar-refractivity contribution in [2.75, 3.05) is 13.2 Å². The molecule has 1 aromatic rings. The summed E-state index contributed by atoms with van der Waals surface area (Å²) in [4.78, 5) is 11.7. The van der Waals surface area contributed by atoms with Crippen LogP contribution in [0.4, 0.5) is 0 Å². The van der Waals surface area contributed by atoms with E-state index in [1.807, 2.05) is 13.0 Å². The summed E-state index contributed by atoms with van der Waals surface area (Å²) < 4.78 is 10.4. The minimum atomic E-state index is -0.588. The van der Waals surface area contributed by atoms with Gasteiger partial charge in [-0.15, -0.1) is 0 Å². The monoisotopic (exact) mass is 276 g/mol. The highest BCUT2D eigenvalue weighted by Gasteiger charge is 2.52. The Morgan fingerprint density at radius 1 is 1.20 bits per heavy atom. The van der Waals surface area contributed by atoms with Crippen LogP contribution in [0.15, 0.2) is 30.3 Å². The molecular weight excluding hydrogens is 252 g/mol. The van der Waals surface area contributed by atoms with Gasteiger partial charge < -0.3 is 9.47 Å². The summed E-state index contributed by atoms with van der Waals surface area (Å²) >= 11 is 0. The topological polar surface area (TPSA) is 38.8 Å². The molecule has 0 unspecified atom stereocenters. The third-order valence-corrected chi connectivity index (χ3v) is 3.78. The lowest BCUT2D eigenvalue weighted by atomic mass is 10.0. The Balaban J connectivity index is 1.55. The largest absolute Gasteiger partial charge is 0.464 e. The standard InChI is InChI=1S/C17H24O3/c1-2-19-16(18)17(14-20-17)13-9-4-3-6-10-15-11-7-5-8-12-15/h5,7-8,11-12H,2-4,6,9-10,13-14H2,1H3/t17-/m0/s1. The number of epoxide rings is 1. The van der Waals surface area contributed by atoms with Crippen molar-refractivity contribution in [3.05, 3.63) is 35.9 Å². The van der Waals surface area contributed by atoms with Crippen molar-refractivity contribution in [2.45, 2.75) is 51.0 Å². The van der Waals surface area contributed by atoms with Gasteiger partial charge in [0.1, 0.15) is 0 Å². The molecular formula is C17H24O3. The van der Waals surface area contributed by atoms with Gasteiger partial charge in [0.2, 0.25) is 0 Å². The highest BCUT2D eigenvalue weighted by Crippen LogP contribution is 2.34. The van der Waals surface area contributed by atoms with Crippen LogP contribution in [0.2, 0.25) is 0 Å². The van der Waals surface area contributed by atoms with Crippen LogP contribution in [0.5, 0.6) is 0 Å². The van der Waals surface area contributed by atoms with Crippen molar-refractivity contribution in [3.8, 4) is 0 Å². The van der Waals surface area contributed by atoms with E-state index in [4.69, 9.17) is 9.47 Å². The predicted octanol–water partition coefficient (Wildman–Crippen LogP) is 3.51. The van der Waals surface area contributed by atoms with Gasteiger partial charge in [-0.05, 0) is 38.2 Å². The fourth-order valence-electron chi connectivity index (χ4n) is 2.45. The normalized spacial score (nSPS) is 20.6. The van der Waals surface area contributed by atoms with E-state index in [1.165, 1.54) is 18.4 Å². The van der Waals surface area contributed by atoms with E-state index in [9.17, 15) is 4.79 Å². The molecule has 3 nitrogen and oxygen atoms in total. The zero-order valence-electron chi connectivity index (χ0n) is 12.3. The van der Waals surface area contributed by atoms with Gasteiger partial charge in [0, 0.05) is 0 Å². The molecule has 0 amide bonds. The van der Waals surface area contributed by atoms with Gasteiger partial charge in [0.05, 0.1) is 13.2 Å². The molecule has 110 valence electrons. The Bertz CT molecular complexity index is 410. The van der Waals surface area contributed by atoms with Crippen molar-refractivity contribution >= 4 is 5.97 Å². The Kier molecular flexibility index (Phi) is 5.60. The van der Waals surface area contributed by atoms with Crippen LogP contribution < -0.4 is 0 Å². The minimum absolute atomic E-state index is 0.177. The van der Waals surface area contributed by atoms with Crippen LogP contribution >= 0.6 is 0 Å². The second kappa shape index (κ2) is 7.44. The quantitative estimate of drug-likeness (QED) is 0.393. The Morgan fingerprint density at radius 3 is 2.55 bits per heavy atom. The molecule has 0 spiro atoms. The molecule has 0 radical (unpaired) electrons. The fourth-order valence-corrected chi connectivity index (χ4v) is 2.45. The second-order valence-electron chi connectivity index (χ2n) is 5.40. The molecule has 1 heterocycles. The first-order valence-electron chi connectivity index (χ1n) is 7.62. The Labute approximate surface area is 121 Å². The zero-order chi connectivity index (χ0) is 14.3. The predicted molar refractivity (Wildman–Crippen MR) is 78.5 cm³/mol. The van der Waals surface area contributed by atoms with E-state index in [-0.39, 0.29) is 5.97 Å². The number of carbonyl (C=O) groups excluding carboxylic acids is 1. The molecule has 0 bridgehead atoms. The van der Waals surface area contributed by atoms with E-state index in [1.54, 1.807) is 0 Å². The summed E-state index contributed by atoms with van der Waals surface area (Å²) in [5, 5.41) is 0. The van der Waals surface area contributed by atoms with E-state index >= 15 is 0 Å². The number of benzene rings is 1. The van der Waals surface area contributed by atoms with Crippen LogP contribution in [-0.2, 0) is 20.7 Å². The average Bonchev–Trinajstić information content (AvgIpc) is 3.25. The molecule has 1 fully saturated rings. The maximum atomic E-state index is 11.7. The van der Waals surface area contributed by atoms with Gasteiger partial charge in [-0.3, -0.25) is 0 Å². The zero-order valence-corrected chi connectivity index (χ0v) is 12.3. The number of ether oxygens (including phenoxy) is 2. The fraction of sp³-hybridized carbons (Fsp3) is 0.588. The summed E-state index contributed by atoms with van der Waals surface area (Å²) in [5.41, 5.74) is 0.816. The molecule has 1 aromatic carbocycles. The number of esters is 1. The van der Waals surface area contributed by atoms with Gasteiger partial charge in [-0.2, -0.15) is 0 Å². The molecule has 0 aromatic heterocycles. The smallest absolute Gasteiger partial charge is 0.340 e. The molecule has 20 heavy (non-hydrogen) atoms. The molecule has 0 aliphatic carbocycles. The maximum Gasteiger partial charge on any atom is 0.340 e. The first kappa shape index (κ1) is 15.0. The number of unbranched alkanes of at least 4 members (excludes halogenated alkanes) is 3. The van der Waals surface area contributed by atoms with Crippen molar-refractivity contribution in [1.82, 2.24) is 0 Å². The lowest BCUT2D eigenvalue weighted by Gasteiger charge is -2.10. The van der Waals surface area contributed by atoms with Crippen LogP contribution in [-0.4, -0.2) is 24.8 Å². The maximum absolute atomic E-state index is 11.7. The molecule has 1 aliphatic rings. The molecule has 1 saturated heterocycles. The lowest BCUT2D eigenvalue weighted by molar-refractivity contribution is -0.149. The molecule has 0 N–H and O–H groups in total. The number of hydrogen-bond donors (Lipinski definition) is 0. The van der Waals surface area contributed by atoms with E-state index in [0.717, 1.165) is 25.7 Å². The van der Waals surface area contributed by atoms with E-state index in [2.05, 4.69) is 24.3 Å². The number of aryl methyl sites for hydroxylation is 1. The third-order valence-electron chi connectivity index (χ3n) is 3.78. The number of hydrogen-bond acceptors (Lipinski definition) is 3. The third kappa shape index (κ3) is 4.34. The Hall–Kier alpha value is -1.35. The van der Waals surface area contributed by atoms with Gasteiger partial charge in [-0.1, -0.05) is 43.2 Å². The van der Waals surface area contributed by atoms with Crippen molar-refractivity contribution < 1.29 is 14.3 Å². The molecule has 1 atom stereocenters. The summed E-state index contributed by atoms with van der Waals surface area (Å²) in [6, 6.07) is 10.6. The first-order chi connectivity index (χ1) is 9.77. The number of carbonyl (C=O) groups is 1. The van der Waals surface area contributed by atoms with Crippen molar-refractivity contribution in [2.24, 2.45) is 0 Å². The molecule has 0 saturated carbocycles. The van der Waals surface area contributed by atoms with Crippen LogP contribution in [0, 0.1) is 0 Å². The lowest BCUT2D eigenvalue weighted by Crippen LogP contribution is -2.27. The summed E-state index contributed by atoms with van der Waals surface area (Å²) in [6.45, 7) is 2.80. The van der Waals surface area contributed by atoms with Crippen LogP contribution in [0.1, 0.15) is 44.6 Å². The van der Waals surface area contributed by atoms with Crippen LogP contribution in [0.3, 0.4) is 0 Å². The summed E-state index contributed by atoms with van der Waals surface area (Å²) in [5.74, 6) is -0.177.